The topological polar surface area (TPSA) is 87.9 Å². The lowest BCUT2D eigenvalue weighted by Crippen LogP contribution is -2.33. The number of hydrogen-bond acceptors (Lipinski definition) is 7. The smallest absolute Gasteiger partial charge is 0.248 e. The quantitative estimate of drug-likeness (QED) is 0.185. The molecule has 0 radical (unpaired) electrons. The Hall–Kier alpha value is -4.47. The molecule has 7 nitrogen and oxygen atoms in total. The Morgan fingerprint density at radius 3 is 2.67 bits per heavy atom. The van der Waals surface area contributed by atoms with Crippen molar-refractivity contribution in [3.63, 3.8) is 0 Å². The second-order valence-electron chi connectivity index (χ2n) is 10.7. The molecule has 0 unspecified atom stereocenters. The van der Waals surface area contributed by atoms with E-state index in [-0.39, 0.29) is 11.7 Å². The zero-order valence-corrected chi connectivity index (χ0v) is 24.8. The van der Waals surface area contributed by atoms with Crippen molar-refractivity contribution < 1.29 is 19.0 Å². The number of benzene rings is 2. The summed E-state index contributed by atoms with van der Waals surface area (Å²) in [6, 6.07) is 18.9. The van der Waals surface area contributed by atoms with E-state index in [0.717, 1.165) is 56.2 Å². The van der Waals surface area contributed by atoms with Crippen LogP contribution in [-0.2, 0) is 24.2 Å². The SMILES string of the molecule is CCCN(Cc1ccc(-c2cc3nccc(Oc4ccc(CC5=Nc6cc(C)ccc6C5)cc4F)c3s2)nc1)C(=O)CO. The van der Waals surface area contributed by atoms with Crippen molar-refractivity contribution in [3.8, 4) is 22.1 Å². The van der Waals surface area contributed by atoms with Crippen LogP contribution in [0.2, 0.25) is 0 Å². The molecule has 0 spiro atoms. The molecule has 2 aromatic carbocycles. The summed E-state index contributed by atoms with van der Waals surface area (Å²) in [5.41, 5.74) is 7.63. The predicted octanol–water partition coefficient (Wildman–Crippen LogP) is 7.20. The van der Waals surface area contributed by atoms with E-state index in [0.29, 0.717) is 25.3 Å². The van der Waals surface area contributed by atoms with Gasteiger partial charge in [-0.3, -0.25) is 19.8 Å². The van der Waals surface area contributed by atoms with Crippen LogP contribution in [0.1, 0.15) is 35.6 Å². The number of rotatable bonds is 10. The summed E-state index contributed by atoms with van der Waals surface area (Å²) in [6.07, 6.45) is 5.55. The van der Waals surface area contributed by atoms with E-state index in [4.69, 9.17) is 9.73 Å². The molecule has 1 aliphatic heterocycles. The summed E-state index contributed by atoms with van der Waals surface area (Å²) >= 11 is 1.47. The first-order chi connectivity index (χ1) is 20.9. The number of carbonyl (C=O) groups is 1. The summed E-state index contributed by atoms with van der Waals surface area (Å²) in [7, 11) is 0. The minimum absolute atomic E-state index is 0.148. The van der Waals surface area contributed by atoms with Gasteiger partial charge in [0, 0.05) is 50.1 Å². The number of carbonyl (C=O) groups excluding carboxylic acids is 1. The number of halogens is 1. The highest BCUT2D eigenvalue weighted by Gasteiger charge is 2.18. The summed E-state index contributed by atoms with van der Waals surface area (Å²) in [5.74, 6) is -0.0622. The first-order valence-electron chi connectivity index (χ1n) is 14.2. The van der Waals surface area contributed by atoms with Gasteiger partial charge < -0.3 is 14.7 Å². The fourth-order valence-electron chi connectivity index (χ4n) is 5.22. The summed E-state index contributed by atoms with van der Waals surface area (Å²) in [5, 5.41) is 9.26. The van der Waals surface area contributed by atoms with Crippen molar-refractivity contribution in [1.29, 1.82) is 0 Å². The molecule has 9 heteroatoms. The van der Waals surface area contributed by atoms with Gasteiger partial charge in [0.25, 0.3) is 0 Å². The van der Waals surface area contributed by atoms with Crippen LogP contribution in [0.4, 0.5) is 10.1 Å². The minimum atomic E-state index is -0.510. The van der Waals surface area contributed by atoms with Gasteiger partial charge in [-0.2, -0.15) is 0 Å². The lowest BCUT2D eigenvalue weighted by atomic mass is 10.0. The number of pyridine rings is 2. The van der Waals surface area contributed by atoms with E-state index in [1.54, 1.807) is 29.4 Å². The van der Waals surface area contributed by atoms with Crippen molar-refractivity contribution >= 4 is 38.9 Å². The number of hydrogen-bond donors (Lipinski definition) is 1. The van der Waals surface area contributed by atoms with E-state index in [9.17, 15) is 9.90 Å². The number of aromatic nitrogens is 2. The number of thiophene rings is 1. The highest BCUT2D eigenvalue weighted by molar-refractivity contribution is 7.22. The molecule has 6 rings (SSSR count). The third-order valence-corrected chi connectivity index (χ3v) is 8.51. The van der Waals surface area contributed by atoms with Crippen LogP contribution in [0.15, 0.2) is 78.0 Å². The molecule has 1 aliphatic rings. The molecule has 1 N–H and O–H groups in total. The average Bonchev–Trinajstić information content (AvgIpc) is 3.62. The van der Waals surface area contributed by atoms with Crippen molar-refractivity contribution in [2.45, 2.75) is 39.7 Å². The van der Waals surface area contributed by atoms with Crippen molar-refractivity contribution in [2.75, 3.05) is 13.2 Å². The molecule has 1 amide bonds. The number of aliphatic hydroxyl groups excluding tert-OH is 1. The van der Waals surface area contributed by atoms with Gasteiger partial charge in [0.15, 0.2) is 11.6 Å². The van der Waals surface area contributed by atoms with Gasteiger partial charge >= 0.3 is 0 Å². The lowest BCUT2D eigenvalue weighted by Gasteiger charge is -2.21. The first-order valence-corrected chi connectivity index (χ1v) is 15.1. The second kappa shape index (κ2) is 12.4. The zero-order valence-electron chi connectivity index (χ0n) is 24.0. The Bertz CT molecular complexity index is 1830. The summed E-state index contributed by atoms with van der Waals surface area (Å²) in [6.45, 7) is 4.49. The van der Waals surface area contributed by atoms with Crippen LogP contribution >= 0.6 is 11.3 Å². The number of nitrogens with zero attached hydrogens (tertiary/aromatic N) is 4. The normalized spacial score (nSPS) is 12.3. The van der Waals surface area contributed by atoms with Gasteiger partial charge in [-0.1, -0.05) is 31.2 Å². The minimum Gasteiger partial charge on any atom is -0.453 e. The van der Waals surface area contributed by atoms with Gasteiger partial charge in [-0.25, -0.2) is 4.39 Å². The second-order valence-corrected chi connectivity index (χ2v) is 11.7. The number of fused-ring (bicyclic) bond motifs is 2. The maximum atomic E-state index is 15.2. The number of aryl methyl sites for hydroxylation is 1. The zero-order chi connectivity index (χ0) is 29.9. The Balaban J connectivity index is 1.17. The molecule has 0 atom stereocenters. The Labute approximate surface area is 253 Å². The van der Waals surface area contributed by atoms with Gasteiger partial charge in [-0.15, -0.1) is 11.3 Å². The van der Waals surface area contributed by atoms with Crippen molar-refractivity contribution in [1.82, 2.24) is 14.9 Å². The maximum Gasteiger partial charge on any atom is 0.248 e. The molecule has 5 aromatic rings. The molecule has 0 saturated heterocycles. The van der Waals surface area contributed by atoms with Crippen molar-refractivity contribution in [2.24, 2.45) is 4.99 Å². The summed E-state index contributed by atoms with van der Waals surface area (Å²) < 4.78 is 22.1. The fourth-order valence-corrected chi connectivity index (χ4v) is 6.26. The molecule has 0 aliphatic carbocycles. The molecule has 218 valence electrons. The van der Waals surface area contributed by atoms with Crippen LogP contribution < -0.4 is 4.74 Å². The van der Waals surface area contributed by atoms with E-state index >= 15 is 4.39 Å². The van der Waals surface area contributed by atoms with Gasteiger partial charge in [-0.05, 0) is 65.9 Å². The van der Waals surface area contributed by atoms with Crippen LogP contribution in [0.3, 0.4) is 0 Å². The Kier molecular flexibility index (Phi) is 8.26. The highest BCUT2D eigenvalue weighted by Crippen LogP contribution is 2.39. The molecular formula is C34H31FN4O3S. The van der Waals surface area contributed by atoms with Crippen LogP contribution in [0.25, 0.3) is 20.8 Å². The van der Waals surface area contributed by atoms with E-state index < -0.39 is 12.4 Å². The monoisotopic (exact) mass is 594 g/mol. The van der Waals surface area contributed by atoms with Gasteiger partial charge in [0.1, 0.15) is 12.4 Å². The number of aliphatic imine (C=N–C) groups is 1. The van der Waals surface area contributed by atoms with E-state index in [2.05, 4.69) is 35.1 Å². The number of aliphatic hydroxyl groups is 1. The molecule has 0 fully saturated rings. The first kappa shape index (κ1) is 28.6. The number of ether oxygens (including phenoxy) is 1. The van der Waals surface area contributed by atoms with Gasteiger partial charge in [0.05, 0.1) is 26.5 Å². The molecule has 4 heterocycles. The summed E-state index contributed by atoms with van der Waals surface area (Å²) in [4.78, 5) is 28.4. The molecule has 0 bridgehead atoms. The Morgan fingerprint density at radius 1 is 1.05 bits per heavy atom. The van der Waals surface area contributed by atoms with E-state index in [1.807, 2.05) is 31.2 Å². The third-order valence-electron chi connectivity index (χ3n) is 7.35. The van der Waals surface area contributed by atoms with E-state index in [1.165, 1.54) is 28.5 Å². The van der Waals surface area contributed by atoms with Crippen LogP contribution in [0.5, 0.6) is 11.5 Å². The highest BCUT2D eigenvalue weighted by atomic mass is 32.1. The predicted molar refractivity (Wildman–Crippen MR) is 168 cm³/mol. The largest absolute Gasteiger partial charge is 0.453 e. The molecule has 43 heavy (non-hydrogen) atoms. The standard InChI is InChI=1S/C34H31FN4O3S/c1-3-12-39(33(41)20-40)19-23-5-8-27(37-18-23)32-17-29-34(43-32)31(10-11-36-29)42-30-9-6-22(15-26(30)35)14-25-16-24-7-4-21(2)13-28(24)38-25/h4-11,13,15,17-18,40H,3,12,14,16,19-20H2,1-2H3. The molecular weight excluding hydrogens is 563 g/mol. The van der Waals surface area contributed by atoms with Crippen LogP contribution in [-0.4, -0.2) is 44.7 Å². The third kappa shape index (κ3) is 6.33. The Morgan fingerprint density at radius 2 is 1.91 bits per heavy atom. The van der Waals surface area contributed by atoms with Gasteiger partial charge in [0.2, 0.25) is 5.91 Å². The number of amides is 1. The average molecular weight is 595 g/mol. The molecule has 0 saturated carbocycles. The van der Waals surface area contributed by atoms with Crippen LogP contribution in [0, 0.1) is 12.7 Å². The fraction of sp³-hybridized carbons (Fsp3) is 0.235. The molecule has 3 aromatic heterocycles. The van der Waals surface area contributed by atoms with Crippen molar-refractivity contribution in [3.05, 3.63) is 101 Å². The lowest BCUT2D eigenvalue weighted by molar-refractivity contribution is -0.134. The maximum absolute atomic E-state index is 15.2.